The summed E-state index contributed by atoms with van der Waals surface area (Å²) in [6.45, 7) is 5.69. The van der Waals surface area contributed by atoms with Crippen LogP contribution in [0.4, 0.5) is 5.69 Å². The van der Waals surface area contributed by atoms with E-state index >= 15 is 0 Å². The van der Waals surface area contributed by atoms with Gasteiger partial charge in [0.05, 0.1) is 0 Å². The molecule has 0 unspecified atom stereocenters. The van der Waals surface area contributed by atoms with Crippen molar-refractivity contribution in [2.45, 2.75) is 26.9 Å². The molecule has 3 aromatic rings. The highest BCUT2D eigenvalue weighted by Gasteiger charge is 2.16. The minimum atomic E-state index is -0.630. The predicted octanol–water partition coefficient (Wildman–Crippen LogP) is 3.76. The number of carbonyl (C=O) groups is 1. The second kappa shape index (κ2) is 7.17. The Labute approximate surface area is 145 Å². The Hall–Kier alpha value is -3.15. The molecule has 0 aliphatic rings. The Bertz CT molecular complexity index is 858. The van der Waals surface area contributed by atoms with E-state index < -0.39 is 6.10 Å². The van der Waals surface area contributed by atoms with E-state index in [9.17, 15) is 4.79 Å². The van der Waals surface area contributed by atoms with Crippen molar-refractivity contribution in [2.75, 3.05) is 5.32 Å². The van der Waals surface area contributed by atoms with E-state index in [4.69, 9.17) is 9.15 Å². The molecule has 3 rings (SSSR count). The van der Waals surface area contributed by atoms with Gasteiger partial charge in [-0.1, -0.05) is 17.7 Å². The van der Waals surface area contributed by atoms with E-state index in [0.717, 1.165) is 22.4 Å². The third-order valence-electron chi connectivity index (χ3n) is 3.78. The molecular formula is C19H19N3O3. The third kappa shape index (κ3) is 4.03. The van der Waals surface area contributed by atoms with Crippen molar-refractivity contribution in [3.05, 3.63) is 60.0 Å². The van der Waals surface area contributed by atoms with E-state index in [1.54, 1.807) is 31.2 Å². The first-order valence-corrected chi connectivity index (χ1v) is 7.94. The summed E-state index contributed by atoms with van der Waals surface area (Å²) in [6.07, 6.45) is 0.647. The van der Waals surface area contributed by atoms with Crippen LogP contribution in [-0.4, -0.2) is 22.2 Å². The first-order chi connectivity index (χ1) is 12.0. The summed E-state index contributed by atoms with van der Waals surface area (Å²) in [7, 11) is 0. The molecule has 0 radical (unpaired) electrons. The van der Waals surface area contributed by atoms with Gasteiger partial charge in [-0.25, -0.2) is 0 Å². The molecule has 6 heteroatoms. The van der Waals surface area contributed by atoms with Gasteiger partial charge in [0.15, 0.2) is 6.10 Å². The largest absolute Gasteiger partial charge is 0.481 e. The number of benzene rings is 2. The lowest BCUT2D eigenvalue weighted by Gasteiger charge is -2.16. The number of anilines is 1. The van der Waals surface area contributed by atoms with Crippen molar-refractivity contribution in [1.29, 1.82) is 0 Å². The molecule has 0 bridgehead atoms. The van der Waals surface area contributed by atoms with E-state index in [1.807, 2.05) is 32.0 Å². The fraction of sp³-hybridized carbons (Fsp3) is 0.211. The lowest BCUT2D eigenvalue weighted by molar-refractivity contribution is -0.122. The topological polar surface area (TPSA) is 77.2 Å². The Morgan fingerprint density at radius 1 is 1.16 bits per heavy atom. The van der Waals surface area contributed by atoms with Gasteiger partial charge >= 0.3 is 0 Å². The van der Waals surface area contributed by atoms with Crippen molar-refractivity contribution in [3.63, 3.8) is 0 Å². The van der Waals surface area contributed by atoms with E-state index in [1.165, 1.54) is 6.39 Å². The van der Waals surface area contributed by atoms with Gasteiger partial charge in [0, 0.05) is 11.3 Å². The van der Waals surface area contributed by atoms with Crippen molar-refractivity contribution in [3.8, 4) is 17.2 Å². The van der Waals surface area contributed by atoms with Crippen LogP contribution < -0.4 is 10.1 Å². The molecule has 25 heavy (non-hydrogen) atoms. The molecule has 128 valence electrons. The summed E-state index contributed by atoms with van der Waals surface area (Å²) < 4.78 is 10.8. The molecule has 6 nitrogen and oxygen atoms in total. The van der Waals surface area contributed by atoms with Gasteiger partial charge in [0.1, 0.15) is 5.75 Å². The number of hydrogen-bond donors (Lipinski definition) is 1. The number of carbonyl (C=O) groups excluding carboxylic acids is 1. The molecule has 1 atom stereocenters. The summed E-state index contributed by atoms with van der Waals surface area (Å²) in [4.78, 5) is 12.3. The first kappa shape index (κ1) is 16.7. The Kier molecular flexibility index (Phi) is 4.79. The molecule has 2 aromatic carbocycles. The van der Waals surface area contributed by atoms with Gasteiger partial charge in [-0.15, -0.1) is 10.2 Å². The van der Waals surface area contributed by atoms with E-state index in [-0.39, 0.29) is 5.91 Å². The van der Waals surface area contributed by atoms with Crippen molar-refractivity contribution in [1.82, 2.24) is 10.2 Å². The Morgan fingerprint density at radius 2 is 1.92 bits per heavy atom. The van der Waals surface area contributed by atoms with Crippen molar-refractivity contribution >= 4 is 11.6 Å². The molecule has 0 spiro atoms. The molecule has 1 amide bonds. The molecular weight excluding hydrogens is 318 g/mol. The normalized spacial score (nSPS) is 11.8. The first-order valence-electron chi connectivity index (χ1n) is 7.94. The SMILES string of the molecule is Cc1ccc(NC(=O)[C@H](C)Oc2ccc(-c3nnco3)cc2)c(C)c1. The highest BCUT2D eigenvalue weighted by Crippen LogP contribution is 2.21. The zero-order valence-electron chi connectivity index (χ0n) is 14.3. The zero-order chi connectivity index (χ0) is 17.8. The highest BCUT2D eigenvalue weighted by molar-refractivity contribution is 5.94. The van der Waals surface area contributed by atoms with Crippen LogP contribution in [0.15, 0.2) is 53.3 Å². The lowest BCUT2D eigenvalue weighted by atomic mass is 10.1. The maximum atomic E-state index is 12.3. The smallest absolute Gasteiger partial charge is 0.265 e. The number of aromatic nitrogens is 2. The van der Waals surface area contributed by atoms with Gasteiger partial charge < -0.3 is 14.5 Å². The summed E-state index contributed by atoms with van der Waals surface area (Å²) in [5.41, 5.74) is 3.75. The zero-order valence-corrected chi connectivity index (χ0v) is 14.3. The highest BCUT2D eigenvalue weighted by atomic mass is 16.5. The molecule has 0 saturated carbocycles. The molecule has 1 N–H and O–H groups in total. The van der Waals surface area contributed by atoms with Gasteiger partial charge in [0.2, 0.25) is 12.3 Å². The number of hydrogen-bond acceptors (Lipinski definition) is 5. The van der Waals surface area contributed by atoms with Crippen LogP contribution in [-0.2, 0) is 4.79 Å². The van der Waals surface area contributed by atoms with Crippen molar-refractivity contribution in [2.24, 2.45) is 0 Å². The summed E-state index contributed by atoms with van der Waals surface area (Å²) in [6, 6.07) is 13.0. The lowest BCUT2D eigenvalue weighted by Crippen LogP contribution is -2.30. The van der Waals surface area contributed by atoms with Crippen LogP contribution in [0, 0.1) is 13.8 Å². The molecule has 0 aliphatic heterocycles. The molecule has 0 aliphatic carbocycles. The number of aryl methyl sites for hydroxylation is 2. The second-order valence-corrected chi connectivity index (χ2v) is 5.84. The number of nitrogens with one attached hydrogen (secondary N) is 1. The number of nitrogens with zero attached hydrogens (tertiary/aromatic N) is 2. The fourth-order valence-electron chi connectivity index (χ4n) is 2.42. The van der Waals surface area contributed by atoms with Crippen LogP contribution in [0.3, 0.4) is 0 Å². The number of rotatable bonds is 5. The summed E-state index contributed by atoms with van der Waals surface area (Å²) >= 11 is 0. The maximum absolute atomic E-state index is 12.3. The second-order valence-electron chi connectivity index (χ2n) is 5.84. The van der Waals surface area contributed by atoms with E-state index in [2.05, 4.69) is 15.5 Å². The summed E-state index contributed by atoms with van der Waals surface area (Å²) in [5, 5.41) is 10.4. The minimum Gasteiger partial charge on any atom is -0.481 e. The maximum Gasteiger partial charge on any atom is 0.265 e. The standard InChI is InChI=1S/C19H19N3O3/c1-12-4-9-17(13(2)10-12)21-18(23)14(3)25-16-7-5-15(6-8-16)19-22-20-11-24-19/h4-11,14H,1-3H3,(H,21,23)/t14-/m0/s1. The Morgan fingerprint density at radius 3 is 2.56 bits per heavy atom. The quantitative estimate of drug-likeness (QED) is 0.767. The van der Waals surface area contributed by atoms with Crippen LogP contribution in [0.5, 0.6) is 5.75 Å². The van der Waals surface area contributed by atoms with Crippen LogP contribution in [0.1, 0.15) is 18.1 Å². The fourth-order valence-corrected chi connectivity index (χ4v) is 2.42. The van der Waals surface area contributed by atoms with Crippen LogP contribution in [0.2, 0.25) is 0 Å². The average molecular weight is 337 g/mol. The van der Waals surface area contributed by atoms with Gasteiger partial charge in [-0.3, -0.25) is 4.79 Å². The third-order valence-corrected chi connectivity index (χ3v) is 3.78. The molecule has 1 heterocycles. The molecule has 0 saturated heterocycles. The van der Waals surface area contributed by atoms with Crippen LogP contribution >= 0.6 is 0 Å². The number of ether oxygens (including phenoxy) is 1. The Balaban J connectivity index is 1.63. The molecule has 1 aromatic heterocycles. The van der Waals surface area contributed by atoms with Crippen molar-refractivity contribution < 1.29 is 13.9 Å². The predicted molar refractivity (Wildman–Crippen MR) is 94.4 cm³/mol. The monoisotopic (exact) mass is 337 g/mol. The van der Waals surface area contributed by atoms with E-state index in [0.29, 0.717) is 11.6 Å². The minimum absolute atomic E-state index is 0.201. The molecule has 0 fully saturated rings. The van der Waals surface area contributed by atoms with Gasteiger partial charge in [0.25, 0.3) is 5.91 Å². The van der Waals surface area contributed by atoms with Gasteiger partial charge in [-0.2, -0.15) is 0 Å². The number of amides is 1. The van der Waals surface area contributed by atoms with Crippen LogP contribution in [0.25, 0.3) is 11.5 Å². The van der Waals surface area contributed by atoms with Gasteiger partial charge in [-0.05, 0) is 56.7 Å². The average Bonchev–Trinajstić information content (AvgIpc) is 3.12. The summed E-state index contributed by atoms with van der Waals surface area (Å²) in [5.74, 6) is 0.826.